The minimum absolute atomic E-state index is 0.0406. The summed E-state index contributed by atoms with van der Waals surface area (Å²) in [7, 11) is 0. The van der Waals surface area contributed by atoms with Gasteiger partial charge in [-0.1, -0.05) is 6.42 Å². The van der Waals surface area contributed by atoms with Crippen LogP contribution in [0.1, 0.15) is 72.3 Å². The summed E-state index contributed by atoms with van der Waals surface area (Å²) in [6.45, 7) is 4.29. The average molecular weight is 401 g/mol. The van der Waals surface area contributed by atoms with E-state index >= 15 is 0 Å². The van der Waals surface area contributed by atoms with Crippen molar-refractivity contribution in [1.29, 1.82) is 0 Å². The van der Waals surface area contributed by atoms with Crippen LogP contribution in [-0.2, 0) is 37.1 Å². The molecule has 2 aliphatic heterocycles. The molecule has 8 heteroatoms. The Labute approximate surface area is 169 Å². The van der Waals surface area contributed by atoms with E-state index in [0.717, 1.165) is 50.5 Å². The molecule has 4 heterocycles. The molecule has 0 bridgehead atoms. The molecule has 1 saturated heterocycles. The molecule has 0 spiro atoms. The highest BCUT2D eigenvalue weighted by Gasteiger charge is 2.38. The first kappa shape index (κ1) is 18.2. The van der Waals surface area contributed by atoms with Gasteiger partial charge in [-0.3, -0.25) is 9.69 Å². The lowest BCUT2D eigenvalue weighted by atomic mass is 10.1. The smallest absolute Gasteiger partial charge is 0.217 e. The third-order valence-corrected chi connectivity index (χ3v) is 7.37. The number of amides is 1. The second kappa shape index (κ2) is 7.55. The topological polar surface area (TPSA) is 75.9 Å². The first-order chi connectivity index (χ1) is 13.7. The molecule has 1 aliphatic carbocycles. The van der Waals surface area contributed by atoms with E-state index in [0.29, 0.717) is 0 Å². The van der Waals surface area contributed by atoms with E-state index in [1.807, 2.05) is 11.3 Å². The summed E-state index contributed by atoms with van der Waals surface area (Å²) < 4.78 is 2.35. The van der Waals surface area contributed by atoms with Gasteiger partial charge in [-0.15, -0.1) is 21.5 Å². The predicted octanol–water partition coefficient (Wildman–Crippen LogP) is 2.40. The highest BCUT2D eigenvalue weighted by atomic mass is 32.1. The van der Waals surface area contributed by atoms with Crippen LogP contribution < -0.4 is 5.32 Å². The fourth-order valence-electron chi connectivity index (χ4n) is 4.98. The number of hydrogen-bond acceptors (Lipinski definition) is 6. The van der Waals surface area contributed by atoms with Crippen molar-refractivity contribution in [3.05, 3.63) is 27.2 Å². The fourth-order valence-corrected chi connectivity index (χ4v) is 6.16. The lowest BCUT2D eigenvalue weighted by molar-refractivity contribution is -0.119. The van der Waals surface area contributed by atoms with Crippen LogP contribution in [0, 0.1) is 0 Å². The van der Waals surface area contributed by atoms with E-state index in [-0.39, 0.29) is 18.0 Å². The van der Waals surface area contributed by atoms with Crippen molar-refractivity contribution in [3.8, 4) is 0 Å². The molecule has 150 valence electrons. The summed E-state index contributed by atoms with van der Waals surface area (Å²) in [4.78, 5) is 20.5. The van der Waals surface area contributed by atoms with Gasteiger partial charge in [-0.2, -0.15) is 0 Å². The summed E-state index contributed by atoms with van der Waals surface area (Å²) in [5.41, 5.74) is 1.31. The molecule has 2 aromatic heterocycles. The molecular weight excluding hydrogens is 372 g/mol. The van der Waals surface area contributed by atoms with E-state index in [2.05, 4.69) is 25.0 Å². The lowest BCUT2D eigenvalue weighted by Crippen LogP contribution is -2.35. The second-order valence-corrected chi connectivity index (χ2v) is 9.51. The van der Waals surface area contributed by atoms with Gasteiger partial charge in [0, 0.05) is 37.4 Å². The number of fused-ring (bicyclic) bond motifs is 2. The Kier molecular flexibility index (Phi) is 4.92. The van der Waals surface area contributed by atoms with Gasteiger partial charge in [-0.05, 0) is 38.5 Å². The average Bonchev–Trinajstić information content (AvgIpc) is 3.37. The van der Waals surface area contributed by atoms with Crippen molar-refractivity contribution < 1.29 is 4.79 Å². The van der Waals surface area contributed by atoms with Gasteiger partial charge in [0.2, 0.25) is 5.91 Å². The Morgan fingerprint density at radius 3 is 2.96 bits per heavy atom. The normalized spacial score (nSPS) is 24.8. The number of carbonyl (C=O) groups is 1. The van der Waals surface area contributed by atoms with Crippen molar-refractivity contribution in [2.75, 3.05) is 6.54 Å². The van der Waals surface area contributed by atoms with Crippen molar-refractivity contribution in [1.82, 2.24) is 30.0 Å². The van der Waals surface area contributed by atoms with Crippen LogP contribution in [0.25, 0.3) is 0 Å². The Bertz CT molecular complexity index is 853. The third kappa shape index (κ3) is 3.48. The fraction of sp³-hybridized carbons (Fsp3) is 0.700. The molecule has 1 fully saturated rings. The maximum absolute atomic E-state index is 11.7. The van der Waals surface area contributed by atoms with E-state index in [9.17, 15) is 4.79 Å². The Balaban J connectivity index is 1.41. The summed E-state index contributed by atoms with van der Waals surface area (Å²) in [5, 5.41) is 13.5. The molecule has 0 saturated carbocycles. The minimum atomic E-state index is 0.0406. The van der Waals surface area contributed by atoms with E-state index < -0.39 is 0 Å². The highest BCUT2D eigenvalue weighted by Crippen LogP contribution is 2.36. The van der Waals surface area contributed by atoms with Crippen molar-refractivity contribution in [3.63, 3.8) is 0 Å². The van der Waals surface area contributed by atoms with Crippen molar-refractivity contribution in [2.45, 2.75) is 83.5 Å². The number of likely N-dealkylation sites (tertiary alicyclic amines) is 1. The molecular formula is C20H28N6OS. The number of rotatable bonds is 4. The number of nitrogens with zero attached hydrogens (tertiary/aromatic N) is 5. The number of hydrogen-bond donors (Lipinski definition) is 1. The number of carbonyl (C=O) groups excluding carboxylic acids is 1. The van der Waals surface area contributed by atoms with Crippen molar-refractivity contribution in [2.24, 2.45) is 0 Å². The molecule has 0 aromatic carbocycles. The summed E-state index contributed by atoms with van der Waals surface area (Å²) in [6, 6.07) is 0.350. The summed E-state index contributed by atoms with van der Waals surface area (Å²) in [5.74, 6) is 2.25. The molecule has 1 amide bonds. The monoisotopic (exact) mass is 400 g/mol. The van der Waals surface area contributed by atoms with Crippen LogP contribution in [-0.4, -0.2) is 43.1 Å². The van der Waals surface area contributed by atoms with Crippen LogP contribution >= 0.6 is 11.3 Å². The van der Waals surface area contributed by atoms with Gasteiger partial charge in [0.25, 0.3) is 0 Å². The summed E-state index contributed by atoms with van der Waals surface area (Å²) >= 11 is 1.87. The Morgan fingerprint density at radius 2 is 2.11 bits per heavy atom. The number of nitrogens with one attached hydrogen (secondary N) is 1. The second-order valence-electron chi connectivity index (χ2n) is 8.35. The molecule has 2 unspecified atom stereocenters. The largest absolute Gasteiger partial charge is 0.352 e. The number of aryl methyl sites for hydroxylation is 3. The number of aromatic nitrogens is 4. The molecule has 2 atom stereocenters. The summed E-state index contributed by atoms with van der Waals surface area (Å²) in [6.07, 6.45) is 9.12. The molecule has 3 aliphatic rings. The van der Waals surface area contributed by atoms with Crippen molar-refractivity contribution >= 4 is 17.2 Å². The Hall–Kier alpha value is -1.80. The molecule has 7 nitrogen and oxygen atoms in total. The molecule has 2 aromatic rings. The van der Waals surface area contributed by atoms with Gasteiger partial charge in [0.05, 0.1) is 18.3 Å². The van der Waals surface area contributed by atoms with Gasteiger partial charge < -0.3 is 9.88 Å². The van der Waals surface area contributed by atoms with Gasteiger partial charge >= 0.3 is 0 Å². The first-order valence-electron chi connectivity index (χ1n) is 10.6. The van der Waals surface area contributed by atoms with Crippen LogP contribution in [0.4, 0.5) is 0 Å². The standard InChI is InChI=1S/C20H28N6OS/c1-13(27)21-14-10-16(20-24-23-18-8-3-2-4-9-26(18)20)25(11-14)12-19-22-15-6-5-7-17(15)28-19/h14,16H,2-12H2,1H3,(H,21,27). The lowest BCUT2D eigenvalue weighted by Gasteiger charge is -2.23. The quantitative estimate of drug-likeness (QED) is 0.853. The first-order valence-corrected chi connectivity index (χ1v) is 11.4. The van der Waals surface area contributed by atoms with Gasteiger partial charge in [-0.25, -0.2) is 4.98 Å². The Morgan fingerprint density at radius 1 is 1.18 bits per heavy atom. The maximum Gasteiger partial charge on any atom is 0.217 e. The van der Waals surface area contributed by atoms with Crippen LogP contribution in [0.3, 0.4) is 0 Å². The highest BCUT2D eigenvalue weighted by molar-refractivity contribution is 7.11. The predicted molar refractivity (Wildman–Crippen MR) is 107 cm³/mol. The molecule has 5 rings (SSSR count). The van der Waals surface area contributed by atoms with Crippen LogP contribution in [0.15, 0.2) is 0 Å². The maximum atomic E-state index is 11.7. The zero-order chi connectivity index (χ0) is 19.1. The zero-order valence-corrected chi connectivity index (χ0v) is 17.3. The molecule has 28 heavy (non-hydrogen) atoms. The number of thiazole rings is 1. The minimum Gasteiger partial charge on any atom is -0.352 e. The van der Waals surface area contributed by atoms with E-state index in [1.165, 1.54) is 47.7 Å². The van der Waals surface area contributed by atoms with Gasteiger partial charge in [0.1, 0.15) is 10.8 Å². The molecule has 0 radical (unpaired) electrons. The molecule has 1 N–H and O–H groups in total. The third-order valence-electron chi connectivity index (χ3n) is 6.23. The van der Waals surface area contributed by atoms with Crippen LogP contribution in [0.5, 0.6) is 0 Å². The zero-order valence-electron chi connectivity index (χ0n) is 16.5. The van der Waals surface area contributed by atoms with Crippen LogP contribution in [0.2, 0.25) is 0 Å². The SMILES string of the molecule is CC(=O)NC1CC(c2nnc3n2CCCCC3)N(Cc2nc3c(s2)CCC3)C1. The van der Waals surface area contributed by atoms with E-state index in [4.69, 9.17) is 4.98 Å². The van der Waals surface area contributed by atoms with E-state index in [1.54, 1.807) is 6.92 Å². The van der Waals surface area contributed by atoms with Gasteiger partial charge in [0.15, 0.2) is 5.82 Å².